The number of benzene rings is 4. The first kappa shape index (κ1) is 23.6. The minimum Gasteiger partial charge on any atom is -0.454 e. The van der Waals surface area contributed by atoms with Gasteiger partial charge in [-0.05, 0) is 85.0 Å². The van der Waals surface area contributed by atoms with Gasteiger partial charge < -0.3 is 9.32 Å². The van der Waals surface area contributed by atoms with Gasteiger partial charge in [-0.1, -0.05) is 93.1 Å². The van der Waals surface area contributed by atoms with Crippen LogP contribution in [0.2, 0.25) is 0 Å². The summed E-state index contributed by atoms with van der Waals surface area (Å²) in [4.78, 5) is 2.39. The number of hydrogen-bond donors (Lipinski definition) is 0. The van der Waals surface area contributed by atoms with Crippen molar-refractivity contribution in [1.29, 1.82) is 0 Å². The Balaban J connectivity index is 1.32. The molecule has 4 aromatic carbocycles. The normalized spacial score (nSPS) is 17.3. The Morgan fingerprint density at radius 2 is 1.03 bits per heavy atom. The number of furan rings is 1. The molecule has 2 aliphatic rings. The Kier molecular flexibility index (Phi) is 6.41. The second-order valence-electron chi connectivity index (χ2n) is 11.4. The van der Waals surface area contributed by atoms with Crippen LogP contribution in [-0.4, -0.2) is 0 Å². The van der Waals surface area contributed by atoms with Crippen LogP contribution in [0.25, 0.3) is 21.9 Å². The maximum atomic E-state index is 6.50. The summed E-state index contributed by atoms with van der Waals surface area (Å²) in [7, 11) is 0. The summed E-state index contributed by atoms with van der Waals surface area (Å²) in [5.41, 5.74) is 8.32. The second-order valence-corrected chi connectivity index (χ2v) is 11.4. The van der Waals surface area contributed by atoms with Crippen LogP contribution in [-0.2, 0) is 0 Å². The summed E-state index contributed by atoms with van der Waals surface area (Å²) in [5, 5.41) is 2.34. The van der Waals surface area contributed by atoms with Gasteiger partial charge in [-0.15, -0.1) is 0 Å². The largest absolute Gasteiger partial charge is 0.454 e. The summed E-state index contributed by atoms with van der Waals surface area (Å²) in [6.45, 7) is 0. The van der Waals surface area contributed by atoms with E-state index < -0.39 is 0 Å². The molecule has 0 amide bonds. The first-order valence-corrected chi connectivity index (χ1v) is 14.8. The zero-order valence-corrected chi connectivity index (χ0v) is 22.2. The maximum absolute atomic E-state index is 6.50. The molecule has 2 fully saturated rings. The van der Waals surface area contributed by atoms with Gasteiger partial charge in [0.15, 0.2) is 5.58 Å². The molecule has 1 heterocycles. The first-order chi connectivity index (χ1) is 18.8. The van der Waals surface area contributed by atoms with Crippen LogP contribution in [0, 0.1) is 0 Å². The lowest BCUT2D eigenvalue weighted by Crippen LogP contribution is -2.11. The van der Waals surface area contributed by atoms with Gasteiger partial charge in [-0.25, -0.2) is 0 Å². The van der Waals surface area contributed by atoms with E-state index in [4.69, 9.17) is 4.42 Å². The maximum Gasteiger partial charge on any atom is 0.159 e. The highest BCUT2D eigenvalue weighted by Gasteiger charge is 2.22. The summed E-state index contributed by atoms with van der Waals surface area (Å²) in [6, 6.07) is 33.7. The third kappa shape index (κ3) is 4.41. The van der Waals surface area contributed by atoms with Crippen molar-refractivity contribution >= 4 is 39.0 Å². The van der Waals surface area contributed by atoms with Crippen molar-refractivity contribution in [2.24, 2.45) is 0 Å². The SMILES string of the molecule is c1ccc2c(c1)oc1c(N(c3ccc(C4CCCCC4)cc3)c3ccc(C4CCCCC4)cc3)cccc12. The lowest BCUT2D eigenvalue weighted by molar-refractivity contribution is 0.443. The molecule has 38 heavy (non-hydrogen) atoms. The van der Waals surface area contributed by atoms with Crippen molar-refractivity contribution in [3.63, 3.8) is 0 Å². The predicted molar refractivity (Wildman–Crippen MR) is 160 cm³/mol. The van der Waals surface area contributed by atoms with E-state index in [0.29, 0.717) is 11.8 Å². The number of nitrogens with zero attached hydrogens (tertiary/aromatic N) is 1. The number of rotatable bonds is 5. The van der Waals surface area contributed by atoms with Crippen LogP contribution in [0.15, 0.2) is 95.4 Å². The number of fused-ring (bicyclic) bond motifs is 3. The molecule has 192 valence electrons. The van der Waals surface area contributed by atoms with Gasteiger partial charge >= 0.3 is 0 Å². The van der Waals surface area contributed by atoms with Crippen LogP contribution in [0.1, 0.15) is 87.2 Å². The molecule has 7 rings (SSSR count). The highest BCUT2D eigenvalue weighted by Crippen LogP contribution is 2.43. The number of para-hydroxylation sites is 2. The van der Waals surface area contributed by atoms with E-state index in [-0.39, 0.29) is 0 Å². The summed E-state index contributed by atoms with van der Waals surface area (Å²) in [6.07, 6.45) is 13.5. The van der Waals surface area contributed by atoms with Crippen molar-refractivity contribution in [1.82, 2.24) is 0 Å². The summed E-state index contributed by atoms with van der Waals surface area (Å²) in [5.74, 6) is 1.42. The molecule has 5 aromatic rings. The average Bonchev–Trinajstić information content (AvgIpc) is 3.39. The molecule has 2 heteroatoms. The molecule has 0 radical (unpaired) electrons. The minimum atomic E-state index is 0.708. The Morgan fingerprint density at radius 1 is 0.500 bits per heavy atom. The van der Waals surface area contributed by atoms with Crippen molar-refractivity contribution in [2.75, 3.05) is 4.90 Å². The second kappa shape index (κ2) is 10.3. The van der Waals surface area contributed by atoms with Crippen LogP contribution in [0.5, 0.6) is 0 Å². The molecule has 2 saturated carbocycles. The highest BCUT2D eigenvalue weighted by molar-refractivity contribution is 6.10. The fourth-order valence-corrected chi connectivity index (χ4v) is 7.00. The minimum absolute atomic E-state index is 0.708. The standard InChI is InChI=1S/C36H37NO/c1-3-10-26(11-4-1)28-18-22-30(23-19-28)37(31-24-20-29(21-25-31)27-12-5-2-6-13-27)34-16-9-15-33-32-14-7-8-17-35(32)38-36(33)34/h7-9,14-27H,1-6,10-13H2. The topological polar surface area (TPSA) is 16.4 Å². The monoisotopic (exact) mass is 499 g/mol. The van der Waals surface area contributed by atoms with E-state index in [9.17, 15) is 0 Å². The van der Waals surface area contributed by atoms with Gasteiger partial charge in [0.1, 0.15) is 5.58 Å². The van der Waals surface area contributed by atoms with Crippen molar-refractivity contribution < 1.29 is 4.42 Å². The molecule has 0 atom stereocenters. The zero-order valence-electron chi connectivity index (χ0n) is 22.2. The molecule has 2 nitrogen and oxygen atoms in total. The number of anilines is 3. The van der Waals surface area contributed by atoms with Crippen LogP contribution in [0.4, 0.5) is 17.1 Å². The lowest BCUT2D eigenvalue weighted by atomic mass is 9.84. The molecule has 0 saturated heterocycles. The molecule has 0 bridgehead atoms. The molecule has 0 spiro atoms. The molecular formula is C36H37NO. The predicted octanol–water partition coefficient (Wildman–Crippen LogP) is 11.2. The average molecular weight is 500 g/mol. The van der Waals surface area contributed by atoms with E-state index in [1.807, 2.05) is 0 Å². The Morgan fingerprint density at radius 3 is 1.61 bits per heavy atom. The zero-order chi connectivity index (χ0) is 25.3. The van der Waals surface area contributed by atoms with Crippen molar-refractivity contribution in [3.8, 4) is 0 Å². The van der Waals surface area contributed by atoms with E-state index in [1.165, 1.54) is 97.5 Å². The molecule has 0 N–H and O–H groups in total. The fourth-order valence-electron chi connectivity index (χ4n) is 7.00. The summed E-state index contributed by atoms with van der Waals surface area (Å²) >= 11 is 0. The number of hydrogen-bond acceptors (Lipinski definition) is 2. The van der Waals surface area contributed by atoms with Crippen molar-refractivity contribution in [2.45, 2.75) is 76.0 Å². The van der Waals surface area contributed by atoms with Gasteiger partial charge in [-0.2, -0.15) is 0 Å². The lowest BCUT2D eigenvalue weighted by Gasteiger charge is -2.28. The van der Waals surface area contributed by atoms with Gasteiger partial charge in [0.25, 0.3) is 0 Å². The van der Waals surface area contributed by atoms with Gasteiger partial charge in [-0.3, -0.25) is 0 Å². The van der Waals surface area contributed by atoms with E-state index >= 15 is 0 Å². The third-order valence-corrected chi connectivity index (χ3v) is 9.08. The van der Waals surface area contributed by atoms with Gasteiger partial charge in [0, 0.05) is 22.1 Å². The van der Waals surface area contributed by atoms with E-state index in [1.54, 1.807) is 0 Å². The first-order valence-electron chi connectivity index (χ1n) is 14.8. The summed E-state index contributed by atoms with van der Waals surface area (Å²) < 4.78 is 6.50. The molecule has 0 aliphatic heterocycles. The smallest absolute Gasteiger partial charge is 0.159 e. The Hall–Kier alpha value is -3.52. The van der Waals surface area contributed by atoms with Gasteiger partial charge in [0.05, 0.1) is 5.69 Å². The third-order valence-electron chi connectivity index (χ3n) is 9.08. The highest BCUT2D eigenvalue weighted by atomic mass is 16.3. The van der Waals surface area contributed by atoms with Crippen molar-refractivity contribution in [3.05, 3.63) is 102 Å². The Labute approximate surface area is 226 Å². The van der Waals surface area contributed by atoms with E-state index in [0.717, 1.165) is 16.9 Å². The quantitative estimate of drug-likeness (QED) is 0.239. The van der Waals surface area contributed by atoms with Gasteiger partial charge in [0.2, 0.25) is 0 Å². The van der Waals surface area contributed by atoms with Crippen LogP contribution < -0.4 is 4.90 Å². The molecule has 2 aliphatic carbocycles. The molecular weight excluding hydrogens is 462 g/mol. The van der Waals surface area contributed by atoms with E-state index in [2.05, 4.69) is 95.9 Å². The molecule has 0 unspecified atom stereocenters. The Bertz CT molecular complexity index is 1450. The fraction of sp³-hybridized carbons (Fsp3) is 0.333. The molecule has 1 aromatic heterocycles. The van der Waals surface area contributed by atoms with Crippen LogP contribution in [0.3, 0.4) is 0 Å². The van der Waals surface area contributed by atoms with Crippen LogP contribution >= 0.6 is 0 Å².